The molecule has 2 heterocycles. The highest BCUT2D eigenvalue weighted by Crippen LogP contribution is 2.21. The van der Waals surface area contributed by atoms with Gasteiger partial charge in [0.2, 0.25) is 0 Å². The van der Waals surface area contributed by atoms with E-state index in [9.17, 15) is 0 Å². The van der Waals surface area contributed by atoms with E-state index in [0.717, 1.165) is 48.6 Å². The summed E-state index contributed by atoms with van der Waals surface area (Å²) < 4.78 is 5.21. The summed E-state index contributed by atoms with van der Waals surface area (Å²) in [5, 5.41) is 6.68. The van der Waals surface area contributed by atoms with Gasteiger partial charge in [-0.2, -0.15) is 0 Å². The number of anilines is 1. The van der Waals surface area contributed by atoms with Crippen LogP contribution < -0.4 is 20.3 Å². The second-order valence-electron chi connectivity index (χ2n) is 7.59. The minimum absolute atomic E-state index is 0.599. The van der Waals surface area contributed by atoms with Crippen molar-refractivity contribution in [2.24, 2.45) is 10.9 Å². The Morgan fingerprint density at radius 2 is 1.83 bits per heavy atom. The number of benzene rings is 1. The second kappa shape index (κ2) is 10.7. The first-order valence-corrected chi connectivity index (χ1v) is 10.5. The quantitative estimate of drug-likeness (QED) is 0.554. The largest absolute Gasteiger partial charge is 0.497 e. The van der Waals surface area contributed by atoms with Crippen LogP contribution in [0.1, 0.15) is 37.8 Å². The number of guanidine groups is 1. The van der Waals surface area contributed by atoms with E-state index >= 15 is 0 Å². The van der Waals surface area contributed by atoms with Crippen molar-refractivity contribution < 1.29 is 4.74 Å². The van der Waals surface area contributed by atoms with Crippen LogP contribution in [-0.4, -0.2) is 37.7 Å². The van der Waals surface area contributed by atoms with Crippen LogP contribution in [0.5, 0.6) is 5.75 Å². The number of ether oxygens (including phenoxy) is 1. The molecule has 0 saturated carbocycles. The molecule has 0 bridgehead atoms. The molecular weight excluding hydrogens is 362 g/mol. The molecule has 156 valence electrons. The Hall–Kier alpha value is -2.76. The molecule has 0 spiro atoms. The van der Waals surface area contributed by atoms with Crippen LogP contribution >= 0.6 is 0 Å². The standard InChI is InChI=1S/C23H33N5O/c1-4-24-23(26-15-19-5-8-21(29-3)9-6-19)27-17-20-7-10-22(25-16-20)28-13-11-18(2)12-14-28/h5-10,16,18H,4,11-15,17H2,1-3H3,(H2,24,26,27). The third kappa shape index (κ3) is 6.38. The van der Waals surface area contributed by atoms with E-state index in [4.69, 9.17) is 9.73 Å². The molecule has 6 nitrogen and oxygen atoms in total. The summed E-state index contributed by atoms with van der Waals surface area (Å²) in [7, 11) is 1.68. The molecule has 1 fully saturated rings. The van der Waals surface area contributed by atoms with Gasteiger partial charge in [-0.15, -0.1) is 0 Å². The molecule has 1 aliphatic heterocycles. The maximum absolute atomic E-state index is 5.21. The summed E-state index contributed by atoms with van der Waals surface area (Å²) in [6.45, 7) is 8.73. The van der Waals surface area contributed by atoms with Crippen LogP contribution in [0.3, 0.4) is 0 Å². The number of aromatic nitrogens is 1. The van der Waals surface area contributed by atoms with Gasteiger partial charge in [0.15, 0.2) is 5.96 Å². The van der Waals surface area contributed by atoms with Gasteiger partial charge < -0.3 is 20.3 Å². The van der Waals surface area contributed by atoms with E-state index in [1.165, 1.54) is 18.4 Å². The molecule has 2 aromatic rings. The van der Waals surface area contributed by atoms with Gasteiger partial charge in [0.1, 0.15) is 11.6 Å². The fourth-order valence-corrected chi connectivity index (χ4v) is 3.38. The fourth-order valence-electron chi connectivity index (χ4n) is 3.38. The van der Waals surface area contributed by atoms with Gasteiger partial charge in [0.25, 0.3) is 0 Å². The maximum atomic E-state index is 5.21. The van der Waals surface area contributed by atoms with Crippen LogP contribution in [0.15, 0.2) is 47.6 Å². The fraction of sp³-hybridized carbons (Fsp3) is 0.478. The Labute approximate surface area is 174 Å². The lowest BCUT2D eigenvalue weighted by atomic mass is 9.99. The molecular formula is C23H33N5O. The Balaban J connectivity index is 1.54. The van der Waals surface area contributed by atoms with Crippen molar-refractivity contribution in [2.45, 2.75) is 39.8 Å². The van der Waals surface area contributed by atoms with E-state index in [-0.39, 0.29) is 0 Å². The lowest BCUT2D eigenvalue weighted by Crippen LogP contribution is -2.36. The van der Waals surface area contributed by atoms with Gasteiger partial charge in [-0.25, -0.2) is 9.98 Å². The third-order valence-electron chi connectivity index (χ3n) is 5.30. The van der Waals surface area contributed by atoms with E-state index in [1.54, 1.807) is 7.11 Å². The number of hydrogen-bond acceptors (Lipinski definition) is 4. The van der Waals surface area contributed by atoms with Crippen LogP contribution in [0.25, 0.3) is 0 Å². The maximum Gasteiger partial charge on any atom is 0.191 e. The summed E-state index contributed by atoms with van der Waals surface area (Å²) in [6.07, 6.45) is 4.45. The summed E-state index contributed by atoms with van der Waals surface area (Å²) in [5.74, 6) is 3.57. The van der Waals surface area contributed by atoms with Crippen LogP contribution in [0.2, 0.25) is 0 Å². The number of rotatable bonds is 7. The van der Waals surface area contributed by atoms with Gasteiger partial charge in [0, 0.05) is 32.4 Å². The molecule has 6 heteroatoms. The van der Waals surface area contributed by atoms with Gasteiger partial charge in [0.05, 0.1) is 13.7 Å². The van der Waals surface area contributed by atoms with Gasteiger partial charge in [-0.3, -0.25) is 0 Å². The molecule has 0 unspecified atom stereocenters. The van der Waals surface area contributed by atoms with E-state index in [1.807, 2.05) is 18.3 Å². The van der Waals surface area contributed by atoms with Crippen LogP contribution in [0, 0.1) is 5.92 Å². The number of nitrogens with zero attached hydrogens (tertiary/aromatic N) is 3. The van der Waals surface area contributed by atoms with Crippen molar-refractivity contribution in [3.05, 3.63) is 53.7 Å². The van der Waals surface area contributed by atoms with Gasteiger partial charge >= 0.3 is 0 Å². The summed E-state index contributed by atoms with van der Waals surface area (Å²) in [6, 6.07) is 12.3. The minimum atomic E-state index is 0.599. The summed E-state index contributed by atoms with van der Waals surface area (Å²) in [5.41, 5.74) is 2.29. The average molecular weight is 396 g/mol. The Morgan fingerprint density at radius 1 is 1.10 bits per heavy atom. The highest BCUT2D eigenvalue weighted by Gasteiger charge is 2.16. The predicted molar refractivity (Wildman–Crippen MR) is 119 cm³/mol. The average Bonchev–Trinajstić information content (AvgIpc) is 2.77. The van der Waals surface area contributed by atoms with Crippen molar-refractivity contribution in [1.82, 2.24) is 15.6 Å². The first-order valence-electron chi connectivity index (χ1n) is 10.5. The van der Waals surface area contributed by atoms with E-state index < -0.39 is 0 Å². The summed E-state index contributed by atoms with van der Waals surface area (Å²) >= 11 is 0. The smallest absolute Gasteiger partial charge is 0.191 e. The van der Waals surface area contributed by atoms with E-state index in [2.05, 4.69) is 58.6 Å². The van der Waals surface area contributed by atoms with Crippen molar-refractivity contribution in [1.29, 1.82) is 0 Å². The molecule has 2 N–H and O–H groups in total. The van der Waals surface area contributed by atoms with Gasteiger partial charge in [-0.05, 0) is 55.0 Å². The van der Waals surface area contributed by atoms with Crippen molar-refractivity contribution in [3.63, 3.8) is 0 Å². The molecule has 0 amide bonds. The molecule has 0 radical (unpaired) electrons. The third-order valence-corrected chi connectivity index (χ3v) is 5.30. The molecule has 29 heavy (non-hydrogen) atoms. The highest BCUT2D eigenvalue weighted by atomic mass is 16.5. The first kappa shape index (κ1) is 21.0. The number of hydrogen-bond donors (Lipinski definition) is 2. The zero-order valence-corrected chi connectivity index (χ0v) is 17.8. The van der Waals surface area contributed by atoms with E-state index in [0.29, 0.717) is 13.1 Å². The predicted octanol–water partition coefficient (Wildman–Crippen LogP) is 3.58. The van der Waals surface area contributed by atoms with Gasteiger partial charge in [-0.1, -0.05) is 25.1 Å². The number of methoxy groups -OCH3 is 1. The molecule has 1 saturated heterocycles. The van der Waals surface area contributed by atoms with Crippen molar-refractivity contribution in [2.75, 3.05) is 31.6 Å². The second-order valence-corrected chi connectivity index (χ2v) is 7.59. The Morgan fingerprint density at radius 3 is 2.45 bits per heavy atom. The number of piperidine rings is 1. The zero-order chi connectivity index (χ0) is 20.5. The molecule has 0 aliphatic carbocycles. The lowest BCUT2D eigenvalue weighted by molar-refractivity contribution is 0.414. The topological polar surface area (TPSA) is 61.8 Å². The first-order chi connectivity index (χ1) is 14.2. The normalized spacial score (nSPS) is 15.3. The molecule has 1 aliphatic rings. The summed E-state index contributed by atoms with van der Waals surface area (Å²) in [4.78, 5) is 11.7. The molecule has 1 aromatic heterocycles. The zero-order valence-electron chi connectivity index (χ0n) is 17.8. The SMILES string of the molecule is CCNC(=NCc1ccc(N2CCC(C)CC2)nc1)NCc1ccc(OC)cc1. The number of pyridine rings is 1. The molecule has 1 aromatic carbocycles. The Bertz CT molecular complexity index is 765. The van der Waals surface area contributed by atoms with Crippen LogP contribution in [-0.2, 0) is 13.1 Å². The molecule has 0 atom stereocenters. The molecule has 3 rings (SSSR count). The monoisotopic (exact) mass is 395 g/mol. The highest BCUT2D eigenvalue weighted by molar-refractivity contribution is 5.79. The van der Waals surface area contributed by atoms with Crippen molar-refractivity contribution in [3.8, 4) is 5.75 Å². The van der Waals surface area contributed by atoms with Crippen molar-refractivity contribution >= 4 is 11.8 Å². The van der Waals surface area contributed by atoms with Crippen LogP contribution in [0.4, 0.5) is 5.82 Å². The lowest BCUT2D eigenvalue weighted by Gasteiger charge is -2.31. The Kier molecular flexibility index (Phi) is 7.73. The number of aliphatic imine (C=N–C) groups is 1. The number of nitrogens with one attached hydrogen (secondary N) is 2. The minimum Gasteiger partial charge on any atom is -0.497 e.